The van der Waals surface area contributed by atoms with Gasteiger partial charge in [-0.1, -0.05) is 11.6 Å². The SMILES string of the molecule is CC(=O)C(C)NC(=O)c1cc(Cl)ccc1I. The molecule has 0 heterocycles. The van der Waals surface area contributed by atoms with Gasteiger partial charge in [0.15, 0.2) is 5.78 Å². The molecule has 1 amide bonds. The molecule has 0 bridgehead atoms. The molecule has 0 aliphatic heterocycles. The van der Waals surface area contributed by atoms with Crippen LogP contribution in [0.25, 0.3) is 0 Å². The van der Waals surface area contributed by atoms with Gasteiger partial charge in [0.25, 0.3) is 5.91 Å². The summed E-state index contributed by atoms with van der Waals surface area (Å²) in [6, 6.07) is 4.58. The van der Waals surface area contributed by atoms with Crippen molar-refractivity contribution >= 4 is 45.9 Å². The van der Waals surface area contributed by atoms with Crippen molar-refractivity contribution in [2.24, 2.45) is 0 Å². The van der Waals surface area contributed by atoms with E-state index in [-0.39, 0.29) is 11.7 Å². The zero-order valence-corrected chi connectivity index (χ0v) is 11.8. The molecule has 1 rings (SSSR count). The highest BCUT2D eigenvalue weighted by Crippen LogP contribution is 2.17. The number of carbonyl (C=O) groups is 2. The largest absolute Gasteiger partial charge is 0.342 e. The fourth-order valence-electron chi connectivity index (χ4n) is 1.05. The number of benzene rings is 1. The van der Waals surface area contributed by atoms with Crippen molar-refractivity contribution in [3.63, 3.8) is 0 Å². The Balaban J connectivity index is 2.88. The Bertz CT molecular complexity index is 434. The Morgan fingerprint density at radius 3 is 2.62 bits per heavy atom. The monoisotopic (exact) mass is 351 g/mol. The van der Waals surface area contributed by atoms with E-state index >= 15 is 0 Å². The normalized spacial score (nSPS) is 12.0. The van der Waals surface area contributed by atoms with E-state index in [1.165, 1.54) is 6.92 Å². The molecule has 1 aromatic rings. The number of Topliss-reactive ketones (excluding diaryl/α,β-unsaturated/α-hetero) is 1. The van der Waals surface area contributed by atoms with Crippen LogP contribution in [0, 0.1) is 3.57 Å². The molecule has 1 N–H and O–H groups in total. The molecule has 0 saturated carbocycles. The molecule has 0 aromatic heterocycles. The highest BCUT2D eigenvalue weighted by atomic mass is 127. The predicted molar refractivity (Wildman–Crippen MR) is 71.8 cm³/mol. The smallest absolute Gasteiger partial charge is 0.252 e. The minimum Gasteiger partial charge on any atom is -0.342 e. The van der Waals surface area contributed by atoms with Crippen LogP contribution in [0.4, 0.5) is 0 Å². The molecule has 5 heteroatoms. The zero-order chi connectivity index (χ0) is 12.3. The molecule has 0 spiro atoms. The Hall–Kier alpha value is -0.620. The first-order valence-electron chi connectivity index (χ1n) is 4.68. The molecule has 0 radical (unpaired) electrons. The maximum Gasteiger partial charge on any atom is 0.252 e. The molecule has 1 atom stereocenters. The fraction of sp³-hybridized carbons (Fsp3) is 0.273. The second-order valence-corrected chi connectivity index (χ2v) is 5.03. The van der Waals surface area contributed by atoms with Gasteiger partial charge < -0.3 is 5.32 Å². The molecule has 0 saturated heterocycles. The predicted octanol–water partition coefficient (Wildman–Crippen LogP) is 2.65. The molecule has 3 nitrogen and oxygen atoms in total. The molecule has 0 aliphatic carbocycles. The van der Waals surface area contributed by atoms with Crippen LogP contribution in [0.5, 0.6) is 0 Å². The molecule has 0 fully saturated rings. The van der Waals surface area contributed by atoms with Crippen LogP contribution >= 0.6 is 34.2 Å². The van der Waals surface area contributed by atoms with Crippen molar-refractivity contribution in [1.82, 2.24) is 5.32 Å². The van der Waals surface area contributed by atoms with Gasteiger partial charge >= 0.3 is 0 Å². The van der Waals surface area contributed by atoms with Crippen LogP contribution in [0.1, 0.15) is 24.2 Å². The number of halogens is 2. The molecule has 86 valence electrons. The van der Waals surface area contributed by atoms with Crippen molar-refractivity contribution < 1.29 is 9.59 Å². The van der Waals surface area contributed by atoms with Crippen molar-refractivity contribution in [2.75, 3.05) is 0 Å². The van der Waals surface area contributed by atoms with Gasteiger partial charge in [0.05, 0.1) is 11.6 Å². The maximum absolute atomic E-state index is 11.8. The lowest BCUT2D eigenvalue weighted by atomic mass is 10.2. The van der Waals surface area contributed by atoms with E-state index in [1.807, 2.05) is 0 Å². The Kier molecular flexibility index (Phi) is 4.73. The van der Waals surface area contributed by atoms with Crippen LogP contribution in [0.2, 0.25) is 5.02 Å². The van der Waals surface area contributed by atoms with Gasteiger partial charge in [-0.15, -0.1) is 0 Å². The number of nitrogens with one attached hydrogen (secondary N) is 1. The average molecular weight is 352 g/mol. The summed E-state index contributed by atoms with van der Waals surface area (Å²) in [5.41, 5.74) is 0.487. The highest BCUT2D eigenvalue weighted by molar-refractivity contribution is 14.1. The van der Waals surface area contributed by atoms with Crippen molar-refractivity contribution in [2.45, 2.75) is 19.9 Å². The van der Waals surface area contributed by atoms with E-state index < -0.39 is 6.04 Å². The van der Waals surface area contributed by atoms with E-state index in [9.17, 15) is 9.59 Å². The zero-order valence-electron chi connectivity index (χ0n) is 8.88. The Labute approximate surface area is 113 Å². The topological polar surface area (TPSA) is 46.2 Å². The summed E-state index contributed by atoms with van der Waals surface area (Å²) in [4.78, 5) is 22.8. The Morgan fingerprint density at radius 2 is 2.06 bits per heavy atom. The minimum atomic E-state index is -0.484. The quantitative estimate of drug-likeness (QED) is 0.851. The van der Waals surface area contributed by atoms with Crippen molar-refractivity contribution in [3.8, 4) is 0 Å². The summed E-state index contributed by atoms with van der Waals surface area (Å²) in [5.74, 6) is -0.361. The number of amides is 1. The fourth-order valence-corrected chi connectivity index (χ4v) is 1.80. The lowest BCUT2D eigenvalue weighted by molar-refractivity contribution is -0.118. The van der Waals surface area contributed by atoms with Crippen LogP contribution in [-0.2, 0) is 4.79 Å². The minimum absolute atomic E-state index is 0.0783. The number of carbonyl (C=O) groups excluding carboxylic acids is 2. The number of rotatable bonds is 3. The summed E-state index contributed by atoms with van der Waals surface area (Å²) in [7, 11) is 0. The van der Waals surface area contributed by atoms with Crippen LogP contribution < -0.4 is 5.32 Å². The molecule has 0 aliphatic rings. The van der Waals surface area contributed by atoms with E-state index in [4.69, 9.17) is 11.6 Å². The molecular weight excluding hydrogens is 340 g/mol. The van der Waals surface area contributed by atoms with E-state index in [2.05, 4.69) is 27.9 Å². The van der Waals surface area contributed by atoms with E-state index in [1.54, 1.807) is 25.1 Å². The second-order valence-electron chi connectivity index (χ2n) is 3.43. The summed E-state index contributed by atoms with van der Waals surface area (Å²) in [6.45, 7) is 3.09. The number of hydrogen-bond acceptors (Lipinski definition) is 2. The molecular formula is C11H11ClINO2. The van der Waals surface area contributed by atoms with Gasteiger partial charge in [0.1, 0.15) is 0 Å². The number of hydrogen-bond donors (Lipinski definition) is 1. The summed E-state index contributed by atoms with van der Waals surface area (Å²) >= 11 is 7.86. The van der Waals surface area contributed by atoms with Crippen molar-refractivity contribution in [1.29, 1.82) is 0 Å². The average Bonchev–Trinajstić information content (AvgIpc) is 2.21. The van der Waals surface area contributed by atoms with Gasteiger partial charge in [-0.25, -0.2) is 0 Å². The summed E-state index contributed by atoms with van der Waals surface area (Å²) < 4.78 is 0.801. The summed E-state index contributed by atoms with van der Waals surface area (Å²) in [6.07, 6.45) is 0. The van der Waals surface area contributed by atoms with Gasteiger partial charge in [-0.3, -0.25) is 9.59 Å². The van der Waals surface area contributed by atoms with Gasteiger partial charge in [-0.2, -0.15) is 0 Å². The van der Waals surface area contributed by atoms with E-state index in [0.717, 1.165) is 3.57 Å². The van der Waals surface area contributed by atoms with Gasteiger partial charge in [-0.05, 0) is 54.6 Å². The van der Waals surface area contributed by atoms with Gasteiger partial charge in [0.2, 0.25) is 0 Å². The lowest BCUT2D eigenvalue weighted by Crippen LogP contribution is -2.37. The highest BCUT2D eigenvalue weighted by Gasteiger charge is 2.15. The first kappa shape index (κ1) is 13.4. The van der Waals surface area contributed by atoms with E-state index in [0.29, 0.717) is 10.6 Å². The van der Waals surface area contributed by atoms with Gasteiger partial charge in [0, 0.05) is 8.59 Å². The summed E-state index contributed by atoms with van der Waals surface area (Å²) in [5, 5.41) is 3.11. The first-order valence-corrected chi connectivity index (χ1v) is 6.14. The van der Waals surface area contributed by atoms with Crippen LogP contribution in [0.15, 0.2) is 18.2 Å². The second kappa shape index (κ2) is 5.63. The first-order chi connectivity index (χ1) is 7.41. The van der Waals surface area contributed by atoms with Crippen molar-refractivity contribution in [3.05, 3.63) is 32.4 Å². The third-order valence-corrected chi connectivity index (χ3v) is 3.31. The number of ketones is 1. The molecule has 16 heavy (non-hydrogen) atoms. The third-order valence-electron chi connectivity index (χ3n) is 2.13. The molecule has 1 unspecified atom stereocenters. The standard InChI is InChI=1S/C11H11ClINO2/c1-6(7(2)15)14-11(16)9-5-8(12)3-4-10(9)13/h3-6H,1-2H3,(H,14,16). The third kappa shape index (κ3) is 3.45. The molecule has 1 aromatic carbocycles. The lowest BCUT2D eigenvalue weighted by Gasteiger charge is -2.11. The Morgan fingerprint density at radius 1 is 1.44 bits per heavy atom. The maximum atomic E-state index is 11.8. The van der Waals surface area contributed by atoms with Crippen LogP contribution in [0.3, 0.4) is 0 Å². The van der Waals surface area contributed by atoms with Crippen LogP contribution in [-0.4, -0.2) is 17.7 Å².